The lowest BCUT2D eigenvalue weighted by Crippen LogP contribution is -2.41. The van der Waals surface area contributed by atoms with Crippen molar-refractivity contribution in [1.29, 1.82) is 0 Å². The average molecular weight is 243 g/mol. The summed E-state index contributed by atoms with van der Waals surface area (Å²) in [6.45, 7) is 2.12. The zero-order valence-electron chi connectivity index (χ0n) is 8.99. The fourth-order valence-electron chi connectivity index (χ4n) is 2.03. The van der Waals surface area contributed by atoms with Gasteiger partial charge in [-0.05, 0) is 49.0 Å². The van der Waals surface area contributed by atoms with Crippen molar-refractivity contribution in [2.24, 2.45) is 11.7 Å². The van der Waals surface area contributed by atoms with Crippen LogP contribution in [0, 0.1) is 5.92 Å². The van der Waals surface area contributed by atoms with Crippen LogP contribution < -0.4 is 5.73 Å². The molecule has 1 aliphatic rings. The molecule has 2 rings (SSSR count). The van der Waals surface area contributed by atoms with Crippen LogP contribution in [0.1, 0.15) is 23.4 Å². The Balaban J connectivity index is 2.04. The number of nitrogens with two attached hydrogens (primary N) is 1. The molecule has 88 valence electrons. The molecule has 2 N–H and O–H groups in total. The van der Waals surface area contributed by atoms with Crippen molar-refractivity contribution in [3.05, 3.63) is 23.1 Å². The molecule has 1 aromatic rings. The molecule has 0 radical (unpaired) electrons. The van der Waals surface area contributed by atoms with Gasteiger partial charge in [0.15, 0.2) is 11.0 Å². The van der Waals surface area contributed by atoms with E-state index in [1.165, 1.54) is 0 Å². The van der Waals surface area contributed by atoms with E-state index in [2.05, 4.69) is 0 Å². The van der Waals surface area contributed by atoms with Gasteiger partial charge in [0.05, 0.1) is 0 Å². The minimum atomic E-state index is -0.0925. The molecule has 1 unspecified atom stereocenters. The zero-order chi connectivity index (χ0) is 11.5. The van der Waals surface area contributed by atoms with Crippen LogP contribution >= 0.6 is 11.6 Å². The third-order valence-corrected chi connectivity index (χ3v) is 3.13. The Kier molecular flexibility index (Phi) is 3.51. The van der Waals surface area contributed by atoms with Crippen molar-refractivity contribution < 1.29 is 9.21 Å². The summed E-state index contributed by atoms with van der Waals surface area (Å²) in [6.07, 6.45) is 2.10. The molecule has 1 aliphatic heterocycles. The molecule has 1 fully saturated rings. The summed E-state index contributed by atoms with van der Waals surface area (Å²) in [7, 11) is 0. The van der Waals surface area contributed by atoms with E-state index in [0.717, 1.165) is 19.4 Å². The number of rotatable bonds is 2. The number of hydrogen-bond donors (Lipinski definition) is 1. The minimum Gasteiger partial charge on any atom is -0.440 e. The van der Waals surface area contributed by atoms with Gasteiger partial charge in [0, 0.05) is 13.1 Å². The van der Waals surface area contributed by atoms with Gasteiger partial charge in [-0.2, -0.15) is 0 Å². The van der Waals surface area contributed by atoms with Gasteiger partial charge in [-0.1, -0.05) is 0 Å². The molecule has 1 atom stereocenters. The first-order valence-corrected chi connectivity index (χ1v) is 5.83. The van der Waals surface area contributed by atoms with E-state index in [-0.39, 0.29) is 11.1 Å². The van der Waals surface area contributed by atoms with Crippen LogP contribution in [0.2, 0.25) is 5.22 Å². The van der Waals surface area contributed by atoms with Crippen LogP contribution in [0.3, 0.4) is 0 Å². The Bertz CT molecular complexity index is 378. The second kappa shape index (κ2) is 4.89. The Morgan fingerprint density at radius 1 is 1.62 bits per heavy atom. The van der Waals surface area contributed by atoms with Gasteiger partial charge in [0.2, 0.25) is 0 Å². The molecular weight excluding hydrogens is 228 g/mol. The molecule has 0 aromatic carbocycles. The van der Waals surface area contributed by atoms with Crippen molar-refractivity contribution >= 4 is 17.5 Å². The molecule has 4 nitrogen and oxygen atoms in total. The largest absolute Gasteiger partial charge is 0.440 e. The molecule has 1 amide bonds. The molecule has 1 aromatic heterocycles. The van der Waals surface area contributed by atoms with E-state index < -0.39 is 0 Å². The topological polar surface area (TPSA) is 59.5 Å². The lowest BCUT2D eigenvalue weighted by molar-refractivity contribution is 0.0646. The highest BCUT2D eigenvalue weighted by atomic mass is 35.5. The van der Waals surface area contributed by atoms with Crippen LogP contribution in [0.5, 0.6) is 0 Å². The number of halogens is 1. The summed E-state index contributed by atoms with van der Waals surface area (Å²) in [5.74, 6) is 0.621. The van der Waals surface area contributed by atoms with E-state index in [1.54, 1.807) is 17.0 Å². The van der Waals surface area contributed by atoms with Crippen molar-refractivity contribution in [3.63, 3.8) is 0 Å². The predicted octanol–water partition coefficient (Wildman–Crippen LogP) is 1.74. The molecule has 0 aliphatic carbocycles. The number of hydrogen-bond acceptors (Lipinski definition) is 3. The maximum atomic E-state index is 12.0. The normalized spacial score (nSPS) is 21.1. The summed E-state index contributed by atoms with van der Waals surface area (Å²) in [5.41, 5.74) is 5.63. The van der Waals surface area contributed by atoms with Gasteiger partial charge >= 0.3 is 0 Å². The molecule has 5 heteroatoms. The number of carbonyl (C=O) groups excluding carboxylic acids is 1. The lowest BCUT2D eigenvalue weighted by Gasteiger charge is -2.31. The van der Waals surface area contributed by atoms with Crippen molar-refractivity contribution in [1.82, 2.24) is 4.90 Å². The Morgan fingerprint density at radius 3 is 3.06 bits per heavy atom. The first-order valence-electron chi connectivity index (χ1n) is 5.45. The first-order chi connectivity index (χ1) is 7.70. The Hall–Kier alpha value is -1.00. The number of nitrogens with zero attached hydrogens (tertiary/aromatic N) is 1. The van der Waals surface area contributed by atoms with E-state index in [0.29, 0.717) is 24.8 Å². The quantitative estimate of drug-likeness (QED) is 0.860. The van der Waals surface area contributed by atoms with Crippen LogP contribution in [-0.2, 0) is 0 Å². The Morgan fingerprint density at radius 2 is 2.44 bits per heavy atom. The minimum absolute atomic E-state index is 0.0925. The zero-order valence-corrected chi connectivity index (χ0v) is 9.74. The lowest BCUT2D eigenvalue weighted by atomic mass is 9.98. The summed E-state index contributed by atoms with van der Waals surface area (Å²) in [4.78, 5) is 13.8. The number of carbonyl (C=O) groups is 1. The highest BCUT2D eigenvalue weighted by molar-refractivity contribution is 6.29. The SMILES string of the molecule is NCC1CCCN(C(=O)c2ccc(Cl)o2)C1. The van der Waals surface area contributed by atoms with E-state index in [1.807, 2.05) is 0 Å². The number of furan rings is 1. The number of amides is 1. The maximum absolute atomic E-state index is 12.0. The smallest absolute Gasteiger partial charge is 0.289 e. The van der Waals surface area contributed by atoms with Crippen LogP contribution in [0.25, 0.3) is 0 Å². The standard InChI is InChI=1S/C11H15ClN2O2/c12-10-4-3-9(16-10)11(15)14-5-1-2-8(6-13)7-14/h3-4,8H,1-2,5-7,13H2. The van der Waals surface area contributed by atoms with Crippen LogP contribution in [-0.4, -0.2) is 30.4 Å². The number of likely N-dealkylation sites (tertiary alicyclic amines) is 1. The fraction of sp³-hybridized carbons (Fsp3) is 0.545. The van der Waals surface area contributed by atoms with Gasteiger partial charge in [-0.3, -0.25) is 4.79 Å². The summed E-state index contributed by atoms with van der Waals surface area (Å²) in [6, 6.07) is 3.19. The maximum Gasteiger partial charge on any atom is 0.289 e. The molecule has 16 heavy (non-hydrogen) atoms. The summed E-state index contributed by atoms with van der Waals surface area (Å²) >= 11 is 5.64. The summed E-state index contributed by atoms with van der Waals surface area (Å²) in [5, 5.41) is 0.246. The van der Waals surface area contributed by atoms with E-state index in [9.17, 15) is 4.79 Å². The molecule has 0 saturated carbocycles. The third-order valence-electron chi connectivity index (χ3n) is 2.92. The van der Waals surface area contributed by atoms with Gasteiger partial charge in [0.25, 0.3) is 5.91 Å². The van der Waals surface area contributed by atoms with E-state index >= 15 is 0 Å². The highest BCUT2D eigenvalue weighted by Crippen LogP contribution is 2.20. The Labute approximate surface area is 99.3 Å². The van der Waals surface area contributed by atoms with E-state index in [4.69, 9.17) is 21.8 Å². The summed E-state index contributed by atoms with van der Waals surface area (Å²) < 4.78 is 5.11. The van der Waals surface area contributed by atoms with Crippen LogP contribution in [0.4, 0.5) is 0 Å². The van der Waals surface area contributed by atoms with Gasteiger partial charge in [0.1, 0.15) is 0 Å². The molecule has 2 heterocycles. The first kappa shape index (κ1) is 11.5. The predicted molar refractivity (Wildman–Crippen MR) is 61.4 cm³/mol. The number of piperidine rings is 1. The van der Waals surface area contributed by atoms with Gasteiger partial charge in [-0.15, -0.1) is 0 Å². The van der Waals surface area contributed by atoms with Crippen molar-refractivity contribution in [2.75, 3.05) is 19.6 Å². The molecular formula is C11H15ClN2O2. The monoisotopic (exact) mass is 242 g/mol. The van der Waals surface area contributed by atoms with Crippen molar-refractivity contribution in [3.8, 4) is 0 Å². The highest BCUT2D eigenvalue weighted by Gasteiger charge is 2.25. The second-order valence-electron chi connectivity index (χ2n) is 4.10. The van der Waals surface area contributed by atoms with Crippen LogP contribution in [0.15, 0.2) is 16.5 Å². The fourth-order valence-corrected chi connectivity index (χ4v) is 2.17. The molecule has 1 saturated heterocycles. The second-order valence-corrected chi connectivity index (χ2v) is 4.47. The molecule has 0 spiro atoms. The third kappa shape index (κ3) is 2.39. The average Bonchev–Trinajstić information content (AvgIpc) is 2.75. The van der Waals surface area contributed by atoms with Gasteiger partial charge < -0.3 is 15.1 Å². The van der Waals surface area contributed by atoms with Crippen molar-refractivity contribution in [2.45, 2.75) is 12.8 Å². The van der Waals surface area contributed by atoms with Gasteiger partial charge in [-0.25, -0.2) is 0 Å². The molecule has 0 bridgehead atoms.